The lowest BCUT2D eigenvalue weighted by molar-refractivity contribution is -0.134. The second-order valence-corrected chi connectivity index (χ2v) is 8.35. The summed E-state index contributed by atoms with van der Waals surface area (Å²) in [5.74, 6) is -1.11. The van der Waals surface area contributed by atoms with Gasteiger partial charge in [-0.15, -0.1) is 8.57 Å². The van der Waals surface area contributed by atoms with E-state index in [0.717, 1.165) is 0 Å². The zero-order valence-electron chi connectivity index (χ0n) is 16.3. The summed E-state index contributed by atoms with van der Waals surface area (Å²) in [6.07, 6.45) is 1.39. The smallest absolute Gasteiger partial charge is 0.304 e. The number of aryl methyl sites for hydroxylation is 1. The number of amides is 3. The standard InChI is InChI=1S/C12H17N7O11S2/c1-13-11(16-28-5-8(20)15-29-31(22,23)24)10-9-6(3-14-17(9)2)7-4-18(10)12(21)19(7)30-32(25,26)27/h3,7,10H,4-5H2,1-2H3,(H,13,16)(H,15,20)(H,22,23,24)(H,25,26,27)/t7-,10-/m0/s1. The fourth-order valence-corrected chi connectivity index (χ4v) is 3.80. The third-order valence-corrected chi connectivity index (χ3v) is 4.99. The van der Waals surface area contributed by atoms with Gasteiger partial charge in [-0.2, -0.15) is 27.0 Å². The van der Waals surface area contributed by atoms with Gasteiger partial charge in [-0.3, -0.25) is 33.9 Å². The minimum atomic E-state index is -4.99. The van der Waals surface area contributed by atoms with Gasteiger partial charge in [-0.05, 0) is 0 Å². The summed E-state index contributed by atoms with van der Waals surface area (Å²) in [5.41, 5.74) is 4.58. The minimum absolute atomic E-state index is 0.0150. The van der Waals surface area contributed by atoms with Gasteiger partial charge in [-0.1, -0.05) is 0 Å². The van der Waals surface area contributed by atoms with Gasteiger partial charge >= 0.3 is 26.8 Å². The molecule has 0 aliphatic carbocycles. The van der Waals surface area contributed by atoms with Crippen molar-refractivity contribution in [2.24, 2.45) is 12.0 Å². The van der Waals surface area contributed by atoms with E-state index in [2.05, 4.69) is 24.1 Å². The zero-order valence-corrected chi connectivity index (χ0v) is 17.9. The lowest BCUT2D eigenvalue weighted by Crippen LogP contribution is -2.45. The maximum absolute atomic E-state index is 12.8. The van der Waals surface area contributed by atoms with E-state index < -0.39 is 51.4 Å². The number of hydroxylamine groups is 4. The number of aromatic nitrogens is 2. The number of carbonyl (C=O) groups excluding carboxylic acids is 2. The molecule has 1 aromatic heterocycles. The van der Waals surface area contributed by atoms with Gasteiger partial charge in [0.25, 0.3) is 5.91 Å². The number of urea groups is 1. The molecule has 2 aliphatic heterocycles. The van der Waals surface area contributed by atoms with E-state index >= 15 is 0 Å². The first-order chi connectivity index (χ1) is 14.8. The Morgan fingerprint density at radius 3 is 2.56 bits per heavy atom. The number of nitrogens with zero attached hydrogens (tertiary/aromatic N) is 5. The van der Waals surface area contributed by atoms with Gasteiger partial charge in [0.15, 0.2) is 6.61 Å². The zero-order chi connectivity index (χ0) is 23.8. The predicted octanol–water partition coefficient (Wildman–Crippen LogP) is -2.61. The quantitative estimate of drug-likeness (QED) is 0.124. The Labute approximate surface area is 180 Å². The number of aliphatic imine (C=N–C) groups is 1. The maximum atomic E-state index is 12.8. The molecule has 1 aromatic rings. The van der Waals surface area contributed by atoms with Crippen LogP contribution in [0.3, 0.4) is 0 Å². The number of nitrogens with one attached hydrogen (secondary N) is 2. The number of fused-ring (bicyclic) bond motifs is 4. The minimum Gasteiger partial charge on any atom is -0.304 e. The van der Waals surface area contributed by atoms with Gasteiger partial charge < -0.3 is 4.90 Å². The Balaban J connectivity index is 1.79. The summed E-state index contributed by atoms with van der Waals surface area (Å²) >= 11 is 0. The highest BCUT2D eigenvalue weighted by atomic mass is 32.3. The van der Waals surface area contributed by atoms with Gasteiger partial charge in [0.05, 0.1) is 18.4 Å². The monoisotopic (exact) mass is 499 g/mol. The van der Waals surface area contributed by atoms with Crippen LogP contribution in [-0.4, -0.2) is 83.7 Å². The number of rotatable bonds is 8. The van der Waals surface area contributed by atoms with E-state index in [-0.39, 0.29) is 12.4 Å². The molecular weight excluding hydrogens is 482 g/mol. The lowest BCUT2D eigenvalue weighted by Gasteiger charge is -2.31. The number of hydrogen-bond donors (Lipinski definition) is 4. The maximum Gasteiger partial charge on any atom is 0.418 e. The van der Waals surface area contributed by atoms with Crippen molar-refractivity contribution in [2.45, 2.75) is 12.1 Å². The highest BCUT2D eigenvalue weighted by Gasteiger charge is 2.53. The van der Waals surface area contributed by atoms with E-state index in [1.807, 2.05) is 0 Å². The first-order valence-corrected chi connectivity index (χ1v) is 11.1. The van der Waals surface area contributed by atoms with Crippen molar-refractivity contribution in [3.63, 3.8) is 0 Å². The molecule has 0 radical (unpaired) electrons. The Morgan fingerprint density at radius 2 is 1.97 bits per heavy atom. The summed E-state index contributed by atoms with van der Waals surface area (Å²) in [6, 6.07) is -2.79. The molecule has 3 heterocycles. The molecule has 0 saturated carbocycles. The van der Waals surface area contributed by atoms with Crippen molar-refractivity contribution in [1.29, 1.82) is 0 Å². The second kappa shape index (κ2) is 8.57. The van der Waals surface area contributed by atoms with E-state index in [0.29, 0.717) is 16.3 Å². The lowest BCUT2D eigenvalue weighted by atomic mass is 9.97. The van der Waals surface area contributed by atoms with Crippen molar-refractivity contribution in [2.75, 3.05) is 20.2 Å². The molecule has 18 nitrogen and oxygen atoms in total. The highest BCUT2D eigenvalue weighted by molar-refractivity contribution is 7.81. The number of hydrogen-bond acceptors (Lipinski definition) is 11. The molecule has 2 bridgehead atoms. The molecule has 3 amide bonds. The van der Waals surface area contributed by atoms with Crippen LogP contribution >= 0.6 is 0 Å². The van der Waals surface area contributed by atoms with Crippen LogP contribution in [0.15, 0.2) is 11.2 Å². The van der Waals surface area contributed by atoms with Crippen molar-refractivity contribution >= 4 is 38.6 Å². The topological polar surface area (TPSA) is 231 Å². The van der Waals surface area contributed by atoms with E-state index in [1.165, 1.54) is 28.3 Å². The normalized spacial score (nSPS) is 21.0. The van der Waals surface area contributed by atoms with E-state index in [4.69, 9.17) is 13.9 Å². The third kappa shape index (κ3) is 4.95. The molecule has 20 heteroatoms. The molecule has 178 valence electrons. The van der Waals surface area contributed by atoms with Crippen LogP contribution in [0.2, 0.25) is 0 Å². The summed E-state index contributed by atoms with van der Waals surface area (Å²) in [6.45, 7) is -0.852. The Hall–Kier alpha value is -2.88. The van der Waals surface area contributed by atoms with Crippen LogP contribution in [0.4, 0.5) is 4.79 Å². The molecule has 0 unspecified atom stereocenters. The van der Waals surface area contributed by atoms with E-state index in [1.54, 1.807) is 7.05 Å². The fraction of sp³-hybridized carbons (Fsp3) is 0.500. The molecule has 3 rings (SSSR count). The Bertz CT molecular complexity index is 1160. The Morgan fingerprint density at radius 1 is 1.28 bits per heavy atom. The number of carbonyl (C=O) groups is 2. The van der Waals surface area contributed by atoms with Gasteiger partial charge in [-0.25, -0.2) is 10.3 Å². The highest BCUT2D eigenvalue weighted by Crippen LogP contribution is 2.44. The number of amidine groups is 1. The van der Waals surface area contributed by atoms with Gasteiger partial charge in [0, 0.05) is 19.7 Å². The van der Waals surface area contributed by atoms with Crippen LogP contribution in [0.25, 0.3) is 0 Å². The average molecular weight is 499 g/mol. The summed E-state index contributed by atoms with van der Waals surface area (Å²) < 4.78 is 70.2. The van der Waals surface area contributed by atoms with Crippen molar-refractivity contribution < 1.29 is 48.9 Å². The van der Waals surface area contributed by atoms with Crippen LogP contribution in [0.1, 0.15) is 23.3 Å². The molecule has 4 N–H and O–H groups in total. The first kappa shape index (κ1) is 23.8. The summed E-state index contributed by atoms with van der Waals surface area (Å²) in [5, 5.41) is 4.59. The average Bonchev–Trinajstić information content (AvgIpc) is 3.18. The van der Waals surface area contributed by atoms with Gasteiger partial charge in [0.1, 0.15) is 17.9 Å². The van der Waals surface area contributed by atoms with Crippen molar-refractivity contribution in [3.8, 4) is 0 Å². The molecule has 0 aromatic carbocycles. The van der Waals surface area contributed by atoms with E-state index in [9.17, 15) is 26.4 Å². The van der Waals surface area contributed by atoms with Gasteiger partial charge in [0.2, 0.25) is 0 Å². The fourth-order valence-electron chi connectivity index (χ4n) is 3.23. The van der Waals surface area contributed by atoms with Crippen LogP contribution in [0.5, 0.6) is 0 Å². The molecule has 32 heavy (non-hydrogen) atoms. The van der Waals surface area contributed by atoms with Crippen LogP contribution in [-0.2, 0) is 46.0 Å². The van der Waals surface area contributed by atoms with Crippen LogP contribution in [0, 0.1) is 0 Å². The van der Waals surface area contributed by atoms with Crippen molar-refractivity contribution in [3.05, 3.63) is 17.5 Å². The first-order valence-electron chi connectivity index (χ1n) is 8.40. The molecule has 0 spiro atoms. The molecule has 1 fully saturated rings. The SMILES string of the molecule is CN=C(NOCC(=O)NOS(=O)(=O)O)[C@@H]1c2c(cnn2C)[C@@H]2CN1C(=O)N2OS(=O)(=O)O. The largest absolute Gasteiger partial charge is 0.418 e. The summed E-state index contributed by atoms with van der Waals surface area (Å²) in [7, 11) is -7.01. The van der Waals surface area contributed by atoms with Crippen LogP contribution < -0.4 is 11.0 Å². The third-order valence-electron chi connectivity index (χ3n) is 4.35. The molecular formula is C12H17N7O11S2. The molecule has 2 atom stereocenters. The van der Waals surface area contributed by atoms with Crippen molar-refractivity contribution in [1.82, 2.24) is 30.7 Å². The molecule has 2 aliphatic rings. The second-order valence-electron chi connectivity index (χ2n) is 6.33. The Kier molecular flexibility index (Phi) is 6.37. The summed E-state index contributed by atoms with van der Waals surface area (Å²) in [4.78, 5) is 34.4. The molecule has 1 saturated heterocycles. The predicted molar refractivity (Wildman–Crippen MR) is 98.5 cm³/mol.